The van der Waals surface area contributed by atoms with Crippen molar-refractivity contribution >= 4 is 62.5 Å². The summed E-state index contributed by atoms with van der Waals surface area (Å²) < 4.78 is 29.1. The van der Waals surface area contributed by atoms with Crippen molar-refractivity contribution in [3.63, 3.8) is 0 Å². The van der Waals surface area contributed by atoms with Crippen molar-refractivity contribution in [3.05, 3.63) is 61.7 Å². The second-order valence-electron chi connectivity index (χ2n) is 6.39. The Morgan fingerprint density at radius 2 is 1.97 bits per heavy atom. The third kappa shape index (κ3) is 5.43. The maximum Gasteiger partial charge on any atom is 0.343 e. The maximum absolute atomic E-state index is 13.3. The van der Waals surface area contributed by atoms with E-state index in [1.807, 2.05) is 0 Å². The van der Waals surface area contributed by atoms with Crippen molar-refractivity contribution in [3.8, 4) is 11.5 Å². The number of esters is 1. The lowest BCUT2D eigenvalue weighted by Crippen LogP contribution is -2.27. The lowest BCUT2D eigenvalue weighted by Gasteiger charge is -2.14. The van der Waals surface area contributed by atoms with E-state index in [1.165, 1.54) is 32.4 Å². The Bertz CT molecular complexity index is 1130. The zero-order valence-electron chi connectivity index (χ0n) is 16.8. The summed E-state index contributed by atoms with van der Waals surface area (Å²) in [5.41, 5.74) is 1.00. The van der Waals surface area contributed by atoms with Crippen LogP contribution in [0.4, 0.5) is 9.18 Å². The second kappa shape index (κ2) is 10.4. The standard InChI is InChI=1S/C21H16BrClFNO6S/c1-29-16-5-12(14(22)8-17(16)31-10-19(26)30-2)6-18-20(27)25(21(28)32-18)9-11-3-4-13(24)7-15(11)23/h3-8H,9-10H2,1-2H3/b18-6-. The highest BCUT2D eigenvalue weighted by Crippen LogP contribution is 2.38. The lowest BCUT2D eigenvalue weighted by molar-refractivity contribution is -0.142. The summed E-state index contributed by atoms with van der Waals surface area (Å²) in [6.07, 6.45) is 1.54. The number of benzene rings is 2. The van der Waals surface area contributed by atoms with Gasteiger partial charge in [-0.1, -0.05) is 33.6 Å². The fourth-order valence-electron chi connectivity index (χ4n) is 2.73. The molecule has 32 heavy (non-hydrogen) atoms. The van der Waals surface area contributed by atoms with Crippen molar-refractivity contribution in [2.24, 2.45) is 0 Å². The van der Waals surface area contributed by atoms with Crippen LogP contribution in [0.1, 0.15) is 11.1 Å². The molecule has 0 bridgehead atoms. The molecular weight excluding hydrogens is 529 g/mol. The first-order valence-electron chi connectivity index (χ1n) is 9.00. The van der Waals surface area contributed by atoms with Gasteiger partial charge >= 0.3 is 5.97 Å². The van der Waals surface area contributed by atoms with Crippen LogP contribution in [0, 0.1) is 5.82 Å². The van der Waals surface area contributed by atoms with E-state index in [2.05, 4.69) is 20.7 Å². The van der Waals surface area contributed by atoms with Crippen LogP contribution in [-0.2, 0) is 20.9 Å². The zero-order chi connectivity index (χ0) is 23.4. The van der Waals surface area contributed by atoms with Crippen molar-refractivity contribution in [1.82, 2.24) is 4.90 Å². The van der Waals surface area contributed by atoms with Crippen molar-refractivity contribution in [1.29, 1.82) is 0 Å². The van der Waals surface area contributed by atoms with Crippen molar-refractivity contribution in [2.75, 3.05) is 20.8 Å². The molecule has 7 nitrogen and oxygen atoms in total. The van der Waals surface area contributed by atoms with Gasteiger partial charge in [0.1, 0.15) is 5.82 Å². The van der Waals surface area contributed by atoms with Gasteiger partial charge < -0.3 is 14.2 Å². The first kappa shape index (κ1) is 24.1. The molecule has 3 rings (SSSR count). The van der Waals surface area contributed by atoms with Crippen LogP contribution >= 0.6 is 39.3 Å². The predicted octanol–water partition coefficient (Wildman–Crippen LogP) is 5.04. The second-order valence-corrected chi connectivity index (χ2v) is 8.65. The van der Waals surface area contributed by atoms with E-state index in [9.17, 15) is 18.8 Å². The van der Waals surface area contributed by atoms with Gasteiger partial charge in [0.15, 0.2) is 18.1 Å². The number of imide groups is 1. The molecule has 0 spiro atoms. The van der Waals surface area contributed by atoms with E-state index in [0.29, 0.717) is 27.1 Å². The first-order valence-corrected chi connectivity index (χ1v) is 11.0. The SMILES string of the molecule is COC(=O)COc1cc(Br)c(/C=C2\SC(=O)N(Cc3ccc(F)cc3Cl)C2=O)cc1OC. The van der Waals surface area contributed by atoms with Crippen LogP contribution in [0.2, 0.25) is 5.02 Å². The molecule has 1 aliphatic rings. The number of thioether (sulfide) groups is 1. The summed E-state index contributed by atoms with van der Waals surface area (Å²) in [6, 6.07) is 6.94. The van der Waals surface area contributed by atoms with E-state index < -0.39 is 22.9 Å². The number of methoxy groups -OCH3 is 2. The maximum atomic E-state index is 13.3. The average Bonchev–Trinajstić information content (AvgIpc) is 3.02. The van der Waals surface area contributed by atoms with Crippen LogP contribution < -0.4 is 9.47 Å². The number of carbonyl (C=O) groups is 3. The molecule has 1 fully saturated rings. The molecule has 2 aromatic carbocycles. The highest BCUT2D eigenvalue weighted by molar-refractivity contribution is 9.10. The predicted molar refractivity (Wildman–Crippen MR) is 121 cm³/mol. The third-order valence-electron chi connectivity index (χ3n) is 4.36. The van der Waals surface area contributed by atoms with Crippen molar-refractivity contribution < 1.29 is 33.0 Å². The van der Waals surface area contributed by atoms with Gasteiger partial charge in [-0.15, -0.1) is 0 Å². The molecule has 0 saturated carbocycles. The molecule has 168 valence electrons. The summed E-state index contributed by atoms with van der Waals surface area (Å²) in [5, 5.41) is -0.342. The van der Waals surface area contributed by atoms with Gasteiger partial charge in [-0.05, 0) is 53.2 Å². The van der Waals surface area contributed by atoms with Gasteiger partial charge in [0.05, 0.1) is 25.7 Å². The van der Waals surface area contributed by atoms with Crippen LogP contribution in [0.5, 0.6) is 11.5 Å². The molecule has 0 radical (unpaired) electrons. The topological polar surface area (TPSA) is 82.1 Å². The smallest absolute Gasteiger partial charge is 0.343 e. The Balaban J connectivity index is 1.84. The molecule has 0 aliphatic carbocycles. The van der Waals surface area contributed by atoms with Crippen LogP contribution in [0.15, 0.2) is 39.7 Å². The number of carbonyl (C=O) groups excluding carboxylic acids is 3. The van der Waals surface area contributed by atoms with E-state index in [4.69, 9.17) is 21.1 Å². The molecule has 0 N–H and O–H groups in total. The number of hydrogen-bond donors (Lipinski definition) is 0. The largest absolute Gasteiger partial charge is 0.493 e. The van der Waals surface area contributed by atoms with Gasteiger partial charge in [0.2, 0.25) is 0 Å². The number of amides is 2. The summed E-state index contributed by atoms with van der Waals surface area (Å²) in [7, 11) is 2.68. The van der Waals surface area contributed by atoms with Crippen LogP contribution in [0.25, 0.3) is 6.08 Å². The molecule has 0 aromatic heterocycles. The van der Waals surface area contributed by atoms with Gasteiger partial charge in [-0.2, -0.15) is 0 Å². The number of hydrogen-bond acceptors (Lipinski definition) is 7. The zero-order valence-corrected chi connectivity index (χ0v) is 20.0. The van der Waals surface area contributed by atoms with Crippen LogP contribution in [-0.4, -0.2) is 42.8 Å². The highest BCUT2D eigenvalue weighted by Gasteiger charge is 2.35. The number of halogens is 3. The van der Waals surface area contributed by atoms with E-state index in [1.54, 1.807) is 12.1 Å². The lowest BCUT2D eigenvalue weighted by atomic mass is 10.1. The number of nitrogens with zero attached hydrogens (tertiary/aromatic N) is 1. The Morgan fingerprint density at radius 1 is 1.22 bits per heavy atom. The summed E-state index contributed by atoms with van der Waals surface area (Å²) >= 11 is 10.2. The average molecular weight is 545 g/mol. The van der Waals surface area contributed by atoms with Crippen molar-refractivity contribution in [2.45, 2.75) is 6.54 Å². The van der Waals surface area contributed by atoms with Gasteiger partial charge in [-0.3, -0.25) is 14.5 Å². The Hall–Kier alpha value is -2.56. The Labute approximate surface area is 200 Å². The Morgan fingerprint density at radius 3 is 2.62 bits per heavy atom. The summed E-state index contributed by atoms with van der Waals surface area (Å²) in [4.78, 5) is 37.8. The summed E-state index contributed by atoms with van der Waals surface area (Å²) in [6.45, 7) is -0.380. The fraction of sp³-hybridized carbons (Fsp3) is 0.190. The quantitative estimate of drug-likeness (QED) is 0.357. The van der Waals surface area contributed by atoms with E-state index in [-0.39, 0.29) is 23.1 Å². The number of ether oxygens (including phenoxy) is 3. The van der Waals surface area contributed by atoms with Gasteiger partial charge in [0.25, 0.3) is 11.1 Å². The monoisotopic (exact) mass is 543 g/mol. The van der Waals surface area contributed by atoms with E-state index in [0.717, 1.165) is 22.7 Å². The minimum atomic E-state index is -0.554. The fourth-order valence-corrected chi connectivity index (χ4v) is 4.22. The molecule has 0 unspecified atom stereocenters. The highest BCUT2D eigenvalue weighted by atomic mass is 79.9. The van der Waals surface area contributed by atoms with E-state index >= 15 is 0 Å². The molecule has 0 atom stereocenters. The molecule has 1 saturated heterocycles. The first-order chi connectivity index (χ1) is 15.2. The van der Waals surface area contributed by atoms with Gasteiger partial charge in [-0.25, -0.2) is 9.18 Å². The van der Waals surface area contributed by atoms with Gasteiger partial charge in [0, 0.05) is 9.50 Å². The molecule has 1 aliphatic heterocycles. The Kier molecular flexibility index (Phi) is 7.81. The molecule has 2 aromatic rings. The molecule has 2 amide bonds. The normalized spacial score (nSPS) is 14.8. The minimum absolute atomic E-state index is 0.0775. The summed E-state index contributed by atoms with van der Waals surface area (Å²) in [5.74, 6) is -0.952. The minimum Gasteiger partial charge on any atom is -0.493 e. The third-order valence-corrected chi connectivity index (χ3v) is 6.31. The molecule has 1 heterocycles. The molecular formula is C21H16BrClFNO6S. The van der Waals surface area contributed by atoms with Crippen LogP contribution in [0.3, 0.4) is 0 Å². The number of rotatable bonds is 7. The molecule has 11 heteroatoms.